The van der Waals surface area contributed by atoms with Crippen molar-refractivity contribution in [2.24, 2.45) is 5.92 Å². The van der Waals surface area contributed by atoms with Crippen molar-refractivity contribution >= 4 is 11.7 Å². The quantitative estimate of drug-likeness (QED) is 0.754. The number of nitriles is 1. The number of nitrogens with zero attached hydrogens (tertiary/aromatic N) is 3. The van der Waals surface area contributed by atoms with Gasteiger partial charge in [0.25, 0.3) is 0 Å². The van der Waals surface area contributed by atoms with Gasteiger partial charge < -0.3 is 4.74 Å². The number of methoxy groups -OCH3 is 1. The van der Waals surface area contributed by atoms with Crippen molar-refractivity contribution in [3.8, 4) is 11.8 Å². The third kappa shape index (κ3) is 1.93. The molecule has 1 aliphatic rings. The van der Waals surface area contributed by atoms with Gasteiger partial charge in [0.2, 0.25) is 5.91 Å². The summed E-state index contributed by atoms with van der Waals surface area (Å²) in [7, 11) is 1.48. The first kappa shape index (κ1) is 12.1. The largest absolute Gasteiger partial charge is 0.495 e. The van der Waals surface area contributed by atoms with Gasteiger partial charge in [-0.15, -0.1) is 6.58 Å². The molecule has 1 atom stereocenters. The van der Waals surface area contributed by atoms with E-state index in [1.165, 1.54) is 18.2 Å². The number of carbonyl (C=O) groups is 1. The lowest BCUT2D eigenvalue weighted by Crippen LogP contribution is -2.26. The van der Waals surface area contributed by atoms with Gasteiger partial charge >= 0.3 is 0 Å². The van der Waals surface area contributed by atoms with Crippen molar-refractivity contribution < 1.29 is 9.53 Å². The molecule has 0 saturated carbocycles. The van der Waals surface area contributed by atoms with Crippen LogP contribution >= 0.6 is 0 Å². The van der Waals surface area contributed by atoms with Crippen molar-refractivity contribution in [2.45, 2.75) is 6.42 Å². The van der Waals surface area contributed by atoms with Crippen LogP contribution in [0.4, 0.5) is 5.82 Å². The van der Waals surface area contributed by atoms with E-state index in [1.807, 2.05) is 6.07 Å². The number of hydrogen-bond acceptors (Lipinski definition) is 4. The van der Waals surface area contributed by atoms with E-state index in [4.69, 9.17) is 4.74 Å². The highest BCUT2D eigenvalue weighted by atomic mass is 16.5. The molecule has 1 unspecified atom stereocenters. The van der Waals surface area contributed by atoms with Crippen LogP contribution in [-0.2, 0) is 4.79 Å². The first-order chi connectivity index (χ1) is 8.71. The Labute approximate surface area is 105 Å². The molecule has 2 heterocycles. The third-order valence-corrected chi connectivity index (χ3v) is 2.97. The van der Waals surface area contributed by atoms with Crippen LogP contribution in [0.3, 0.4) is 0 Å². The average Bonchev–Trinajstić information content (AvgIpc) is 2.78. The molecule has 1 aliphatic heterocycles. The van der Waals surface area contributed by atoms with Gasteiger partial charge in [-0.3, -0.25) is 9.69 Å². The summed E-state index contributed by atoms with van der Waals surface area (Å²) in [5.74, 6) is 0.859. The van der Waals surface area contributed by atoms with E-state index in [9.17, 15) is 10.1 Å². The van der Waals surface area contributed by atoms with Gasteiger partial charge in [-0.25, -0.2) is 4.98 Å². The second-order valence-electron chi connectivity index (χ2n) is 4.03. The highest BCUT2D eigenvalue weighted by Gasteiger charge is 2.31. The lowest BCUT2D eigenvalue weighted by molar-refractivity contribution is -0.117. The monoisotopic (exact) mass is 243 g/mol. The number of rotatable bonds is 3. The molecule has 0 aromatic carbocycles. The highest BCUT2D eigenvalue weighted by molar-refractivity contribution is 5.96. The maximum atomic E-state index is 11.9. The predicted octanol–water partition coefficient (Wildman–Crippen LogP) is 1.50. The molecule has 18 heavy (non-hydrogen) atoms. The Morgan fingerprint density at radius 1 is 1.72 bits per heavy atom. The Kier molecular flexibility index (Phi) is 3.28. The second kappa shape index (κ2) is 4.88. The maximum Gasteiger partial charge on any atom is 0.228 e. The highest BCUT2D eigenvalue weighted by Crippen LogP contribution is 2.30. The maximum absolute atomic E-state index is 11.9. The van der Waals surface area contributed by atoms with E-state index in [2.05, 4.69) is 11.6 Å². The van der Waals surface area contributed by atoms with Crippen molar-refractivity contribution in [2.75, 3.05) is 18.6 Å². The van der Waals surface area contributed by atoms with E-state index < -0.39 is 0 Å². The van der Waals surface area contributed by atoms with Crippen LogP contribution in [0.1, 0.15) is 12.0 Å². The summed E-state index contributed by atoms with van der Waals surface area (Å²) >= 11 is 0. The zero-order chi connectivity index (χ0) is 13.1. The molecule has 0 bridgehead atoms. The van der Waals surface area contributed by atoms with Gasteiger partial charge in [-0.05, 0) is 6.07 Å². The summed E-state index contributed by atoms with van der Waals surface area (Å²) in [6.07, 6.45) is 3.70. The summed E-state index contributed by atoms with van der Waals surface area (Å²) in [6, 6.07) is 3.64. The fourth-order valence-electron chi connectivity index (χ4n) is 2.01. The lowest BCUT2D eigenvalue weighted by atomic mass is 10.1. The fraction of sp³-hybridized carbons (Fsp3) is 0.308. The van der Waals surface area contributed by atoms with Crippen LogP contribution in [-0.4, -0.2) is 24.5 Å². The molecular weight excluding hydrogens is 230 g/mol. The van der Waals surface area contributed by atoms with Crippen LogP contribution in [0.15, 0.2) is 24.9 Å². The van der Waals surface area contributed by atoms with Crippen LogP contribution < -0.4 is 9.64 Å². The Balaban J connectivity index is 2.43. The van der Waals surface area contributed by atoms with Gasteiger partial charge in [0.1, 0.15) is 17.4 Å². The van der Waals surface area contributed by atoms with Crippen molar-refractivity contribution in [3.63, 3.8) is 0 Å². The minimum Gasteiger partial charge on any atom is -0.495 e. The van der Waals surface area contributed by atoms with Gasteiger partial charge in [0, 0.05) is 25.1 Å². The number of amides is 1. The third-order valence-electron chi connectivity index (χ3n) is 2.97. The predicted molar refractivity (Wildman–Crippen MR) is 66.2 cm³/mol. The zero-order valence-electron chi connectivity index (χ0n) is 10.1. The lowest BCUT2D eigenvalue weighted by Gasteiger charge is -2.17. The molecule has 0 N–H and O–H groups in total. The minimum atomic E-state index is -0.0443. The molecule has 92 valence electrons. The van der Waals surface area contributed by atoms with Gasteiger partial charge in [0.15, 0.2) is 5.82 Å². The topological polar surface area (TPSA) is 66.2 Å². The average molecular weight is 243 g/mol. The minimum absolute atomic E-state index is 0.0443. The summed E-state index contributed by atoms with van der Waals surface area (Å²) < 4.78 is 5.10. The smallest absolute Gasteiger partial charge is 0.228 e. The summed E-state index contributed by atoms with van der Waals surface area (Å²) in [4.78, 5) is 17.5. The number of carbonyl (C=O) groups excluding carboxylic acids is 1. The molecular formula is C13H13N3O2. The number of pyridine rings is 1. The van der Waals surface area contributed by atoms with E-state index in [0.29, 0.717) is 24.5 Å². The molecule has 5 heteroatoms. The molecule has 0 spiro atoms. The van der Waals surface area contributed by atoms with E-state index >= 15 is 0 Å². The first-order valence-electron chi connectivity index (χ1n) is 5.57. The number of anilines is 1. The fourth-order valence-corrected chi connectivity index (χ4v) is 2.01. The van der Waals surface area contributed by atoms with Crippen molar-refractivity contribution in [1.82, 2.24) is 4.98 Å². The van der Waals surface area contributed by atoms with Crippen LogP contribution in [0, 0.1) is 17.2 Å². The van der Waals surface area contributed by atoms with E-state index in [0.717, 1.165) is 0 Å². The molecule has 2 rings (SSSR count). The SMILES string of the molecule is C=CC1CC(=O)N(c2nccc(OC)c2C#N)C1. The Hall–Kier alpha value is -2.35. The molecule has 1 amide bonds. The van der Waals surface area contributed by atoms with Crippen LogP contribution in [0.2, 0.25) is 0 Å². The standard InChI is InChI=1S/C13H13N3O2/c1-3-9-6-12(17)16(8-9)13-10(7-14)11(18-2)4-5-15-13/h3-5,9H,1,6,8H2,2H3. The number of aromatic nitrogens is 1. The summed E-state index contributed by atoms with van der Waals surface area (Å²) in [6.45, 7) is 4.20. The second-order valence-corrected chi connectivity index (χ2v) is 4.03. The number of ether oxygens (including phenoxy) is 1. The van der Waals surface area contributed by atoms with Gasteiger partial charge in [-0.1, -0.05) is 6.08 Å². The Bertz CT molecular complexity index is 534. The normalized spacial score (nSPS) is 18.6. The van der Waals surface area contributed by atoms with Gasteiger partial charge in [0.05, 0.1) is 7.11 Å². The van der Waals surface area contributed by atoms with Crippen LogP contribution in [0.5, 0.6) is 5.75 Å². The van der Waals surface area contributed by atoms with E-state index in [-0.39, 0.29) is 17.4 Å². The van der Waals surface area contributed by atoms with Crippen LogP contribution in [0.25, 0.3) is 0 Å². The number of hydrogen-bond donors (Lipinski definition) is 0. The van der Waals surface area contributed by atoms with Crippen molar-refractivity contribution in [3.05, 3.63) is 30.5 Å². The summed E-state index contributed by atoms with van der Waals surface area (Å²) in [5, 5.41) is 9.17. The molecule has 0 radical (unpaired) electrons. The molecule has 1 aromatic heterocycles. The molecule has 0 aliphatic carbocycles. The van der Waals surface area contributed by atoms with E-state index in [1.54, 1.807) is 12.1 Å². The molecule has 5 nitrogen and oxygen atoms in total. The first-order valence-corrected chi connectivity index (χ1v) is 5.57. The van der Waals surface area contributed by atoms with Crippen molar-refractivity contribution in [1.29, 1.82) is 5.26 Å². The Morgan fingerprint density at radius 2 is 2.50 bits per heavy atom. The van der Waals surface area contributed by atoms with Gasteiger partial charge in [-0.2, -0.15) is 5.26 Å². The zero-order valence-corrected chi connectivity index (χ0v) is 10.1. The molecule has 1 aromatic rings. The molecule has 1 fully saturated rings. The summed E-state index contributed by atoms with van der Waals surface area (Å²) in [5.41, 5.74) is 0.290. The molecule has 1 saturated heterocycles. The Morgan fingerprint density at radius 3 is 3.06 bits per heavy atom.